The number of rotatable bonds is 2. The summed E-state index contributed by atoms with van der Waals surface area (Å²) in [7, 11) is 3.91. The van der Waals surface area contributed by atoms with Crippen LogP contribution >= 0.6 is 15.9 Å². The molecule has 2 aromatic heterocycles. The van der Waals surface area contributed by atoms with E-state index in [1.807, 2.05) is 49.3 Å². The molecule has 3 rings (SSSR count). The number of aryl methyl sites for hydroxylation is 1. The first kappa shape index (κ1) is 12.2. The summed E-state index contributed by atoms with van der Waals surface area (Å²) in [6.45, 7) is 0. The average molecular weight is 317 g/mol. The summed E-state index contributed by atoms with van der Waals surface area (Å²) in [6.07, 6.45) is 3.81. The molecule has 0 aliphatic carbocycles. The van der Waals surface area contributed by atoms with Crippen LogP contribution in [-0.4, -0.2) is 19.3 Å². The van der Waals surface area contributed by atoms with Gasteiger partial charge in [0.25, 0.3) is 0 Å². The van der Waals surface area contributed by atoms with Crippen molar-refractivity contribution in [3.05, 3.63) is 47.5 Å². The van der Waals surface area contributed by atoms with E-state index in [0.29, 0.717) is 0 Å². The lowest BCUT2D eigenvalue weighted by molar-refractivity contribution is 0.768. The van der Waals surface area contributed by atoms with Crippen molar-refractivity contribution in [2.75, 3.05) is 0 Å². The molecule has 0 fully saturated rings. The molecule has 3 aromatic rings. The molecule has 0 aliphatic heterocycles. The van der Waals surface area contributed by atoms with Gasteiger partial charge in [0.2, 0.25) is 0 Å². The van der Waals surface area contributed by atoms with E-state index in [9.17, 15) is 0 Å². The molecule has 5 heteroatoms. The summed E-state index contributed by atoms with van der Waals surface area (Å²) in [5.41, 5.74) is 4.18. The zero-order valence-electron chi connectivity index (χ0n) is 10.7. The number of benzene rings is 1. The second-order valence-corrected chi connectivity index (χ2v) is 5.12. The summed E-state index contributed by atoms with van der Waals surface area (Å²) in [6, 6.07) is 10.2. The van der Waals surface area contributed by atoms with E-state index in [0.717, 1.165) is 27.2 Å². The van der Waals surface area contributed by atoms with Gasteiger partial charge in [-0.2, -0.15) is 5.10 Å². The van der Waals surface area contributed by atoms with Crippen molar-refractivity contribution in [2.24, 2.45) is 14.1 Å². The first-order valence-corrected chi connectivity index (χ1v) is 6.73. The Hall–Kier alpha value is -1.88. The Morgan fingerprint density at radius 2 is 1.79 bits per heavy atom. The van der Waals surface area contributed by atoms with Gasteiger partial charge in [-0.3, -0.25) is 4.68 Å². The first-order valence-electron chi connectivity index (χ1n) is 5.93. The molecule has 1 aromatic carbocycles. The van der Waals surface area contributed by atoms with Gasteiger partial charge in [-0.25, -0.2) is 4.98 Å². The number of aromatic nitrogens is 4. The molecule has 96 valence electrons. The van der Waals surface area contributed by atoms with Gasteiger partial charge < -0.3 is 4.57 Å². The van der Waals surface area contributed by atoms with Crippen LogP contribution in [0.25, 0.3) is 22.5 Å². The molecule has 4 nitrogen and oxygen atoms in total. The van der Waals surface area contributed by atoms with Crippen LogP contribution in [0.15, 0.2) is 47.5 Å². The molecule has 0 bridgehead atoms. The zero-order valence-corrected chi connectivity index (χ0v) is 12.3. The lowest BCUT2D eigenvalue weighted by Gasteiger charge is -2.05. The summed E-state index contributed by atoms with van der Waals surface area (Å²) < 4.78 is 4.63. The van der Waals surface area contributed by atoms with E-state index in [-0.39, 0.29) is 0 Å². The molecular formula is C14H13BrN4. The van der Waals surface area contributed by atoms with Crippen LogP contribution < -0.4 is 0 Å². The fourth-order valence-electron chi connectivity index (χ4n) is 2.14. The number of hydrogen-bond donors (Lipinski definition) is 0. The molecule has 0 amide bonds. The largest absolute Gasteiger partial charge is 0.321 e. The van der Waals surface area contributed by atoms with Crippen molar-refractivity contribution < 1.29 is 0 Å². The minimum absolute atomic E-state index is 0.810. The van der Waals surface area contributed by atoms with Gasteiger partial charge >= 0.3 is 0 Å². The third-order valence-corrected chi connectivity index (χ3v) is 3.78. The van der Waals surface area contributed by atoms with E-state index in [2.05, 4.69) is 38.1 Å². The first-order chi connectivity index (χ1) is 9.16. The van der Waals surface area contributed by atoms with Gasteiger partial charge in [0.1, 0.15) is 5.69 Å². The Bertz CT molecular complexity index is 712. The van der Waals surface area contributed by atoms with Gasteiger partial charge in [0.05, 0.1) is 11.9 Å². The maximum Gasteiger partial charge on any atom is 0.177 e. The third-order valence-electron chi connectivity index (χ3n) is 3.07. The number of nitrogens with zero attached hydrogens (tertiary/aromatic N) is 4. The fourth-order valence-corrected chi connectivity index (χ4v) is 2.50. The highest BCUT2D eigenvalue weighted by Gasteiger charge is 2.17. The van der Waals surface area contributed by atoms with Crippen LogP contribution in [0.1, 0.15) is 0 Å². The highest BCUT2D eigenvalue weighted by molar-refractivity contribution is 9.10. The number of imidazole rings is 1. The second kappa shape index (κ2) is 4.66. The van der Waals surface area contributed by atoms with E-state index < -0.39 is 0 Å². The van der Waals surface area contributed by atoms with E-state index in [1.165, 1.54) is 0 Å². The maximum absolute atomic E-state index is 4.60. The predicted octanol–water partition coefficient (Wildman–Crippen LogP) is 3.25. The van der Waals surface area contributed by atoms with E-state index in [4.69, 9.17) is 0 Å². The normalized spacial score (nSPS) is 10.9. The van der Waals surface area contributed by atoms with Crippen LogP contribution in [0.5, 0.6) is 0 Å². The van der Waals surface area contributed by atoms with Gasteiger partial charge in [0.15, 0.2) is 4.73 Å². The van der Waals surface area contributed by atoms with E-state index >= 15 is 0 Å². The van der Waals surface area contributed by atoms with Crippen molar-refractivity contribution in [2.45, 2.75) is 0 Å². The Balaban J connectivity index is 2.24. The second-order valence-electron chi connectivity index (χ2n) is 4.41. The SMILES string of the molecule is Cn1cc(-c2nc(Br)n(C)c2-c2ccccc2)cn1. The Labute approximate surface area is 119 Å². The molecule has 0 radical (unpaired) electrons. The molecule has 0 saturated heterocycles. The van der Waals surface area contributed by atoms with Crippen molar-refractivity contribution in [1.29, 1.82) is 0 Å². The maximum atomic E-state index is 4.60. The standard InChI is InChI=1S/C14H13BrN4/c1-18-9-11(8-16-18)12-13(19(2)14(15)17-12)10-6-4-3-5-7-10/h3-9H,1-2H3. The molecule has 0 unspecified atom stereocenters. The molecule has 0 N–H and O–H groups in total. The van der Waals surface area contributed by atoms with Crippen molar-refractivity contribution in [3.63, 3.8) is 0 Å². The minimum Gasteiger partial charge on any atom is -0.321 e. The topological polar surface area (TPSA) is 35.6 Å². The third kappa shape index (κ3) is 2.10. The van der Waals surface area contributed by atoms with Crippen LogP contribution in [0, 0.1) is 0 Å². The summed E-state index contributed by atoms with van der Waals surface area (Å²) in [5, 5.41) is 4.22. The van der Waals surface area contributed by atoms with Crippen LogP contribution in [0.3, 0.4) is 0 Å². The molecule has 19 heavy (non-hydrogen) atoms. The van der Waals surface area contributed by atoms with Crippen LogP contribution in [0.2, 0.25) is 0 Å². The van der Waals surface area contributed by atoms with Crippen molar-refractivity contribution >= 4 is 15.9 Å². The van der Waals surface area contributed by atoms with E-state index in [1.54, 1.807) is 4.68 Å². The molecule has 0 spiro atoms. The minimum atomic E-state index is 0.810. The fraction of sp³-hybridized carbons (Fsp3) is 0.143. The monoisotopic (exact) mass is 316 g/mol. The molecule has 0 atom stereocenters. The Morgan fingerprint density at radius 1 is 1.05 bits per heavy atom. The van der Waals surface area contributed by atoms with Gasteiger partial charge in [0, 0.05) is 31.4 Å². The molecule has 0 aliphatic rings. The smallest absolute Gasteiger partial charge is 0.177 e. The summed E-state index contributed by atoms with van der Waals surface area (Å²) in [5.74, 6) is 0. The highest BCUT2D eigenvalue weighted by atomic mass is 79.9. The van der Waals surface area contributed by atoms with Crippen molar-refractivity contribution in [1.82, 2.24) is 19.3 Å². The number of hydrogen-bond acceptors (Lipinski definition) is 2. The predicted molar refractivity (Wildman–Crippen MR) is 78.5 cm³/mol. The van der Waals surface area contributed by atoms with Gasteiger partial charge in [-0.15, -0.1) is 0 Å². The average Bonchev–Trinajstić information content (AvgIpc) is 2.96. The lowest BCUT2D eigenvalue weighted by atomic mass is 10.1. The quantitative estimate of drug-likeness (QED) is 0.727. The zero-order chi connectivity index (χ0) is 13.4. The van der Waals surface area contributed by atoms with Gasteiger partial charge in [-0.05, 0) is 15.9 Å². The Kier molecular flexibility index (Phi) is 2.98. The van der Waals surface area contributed by atoms with Gasteiger partial charge in [-0.1, -0.05) is 30.3 Å². The van der Waals surface area contributed by atoms with Crippen LogP contribution in [-0.2, 0) is 14.1 Å². The molecule has 0 saturated carbocycles. The summed E-state index contributed by atoms with van der Waals surface area (Å²) >= 11 is 3.49. The number of halogens is 1. The van der Waals surface area contributed by atoms with Crippen LogP contribution in [0.4, 0.5) is 0 Å². The van der Waals surface area contributed by atoms with Crippen molar-refractivity contribution in [3.8, 4) is 22.5 Å². The molecule has 2 heterocycles. The highest BCUT2D eigenvalue weighted by Crippen LogP contribution is 2.33. The lowest BCUT2D eigenvalue weighted by Crippen LogP contribution is -1.92. The molecular weight excluding hydrogens is 304 g/mol. The Morgan fingerprint density at radius 3 is 2.42 bits per heavy atom. The summed E-state index contributed by atoms with van der Waals surface area (Å²) in [4.78, 5) is 4.60.